The molecule has 1 N–H and O–H groups in total. The molecule has 1 unspecified atom stereocenters. The van der Waals surface area contributed by atoms with Crippen molar-refractivity contribution in [3.8, 4) is 0 Å². The lowest BCUT2D eigenvalue weighted by Gasteiger charge is -2.58. The minimum atomic E-state index is -1.02. The Kier molecular flexibility index (Phi) is 5.84. The number of carbonyl (C=O) groups is 1. The number of halogens is 2. The molecule has 4 nitrogen and oxygen atoms in total. The molecule has 5 rings (SSSR count). The zero-order valence-electron chi connectivity index (χ0n) is 19.8. The van der Waals surface area contributed by atoms with Crippen LogP contribution in [0.2, 0.25) is 0 Å². The van der Waals surface area contributed by atoms with Gasteiger partial charge in [0.2, 0.25) is 0 Å². The molecule has 0 amide bonds. The van der Waals surface area contributed by atoms with Gasteiger partial charge >= 0.3 is 5.97 Å². The molecule has 4 fully saturated rings. The van der Waals surface area contributed by atoms with E-state index >= 15 is 0 Å². The molecule has 180 valence electrons. The lowest BCUT2D eigenvalue weighted by Crippen LogP contribution is -2.58. The summed E-state index contributed by atoms with van der Waals surface area (Å²) < 4.78 is 13.1. The number of fused-ring (bicyclic) bond motifs is 4. The molecule has 6 heteroatoms. The Hall–Kier alpha value is -0.880. The molecule has 4 aliphatic rings. The molecule has 1 heterocycles. The van der Waals surface area contributed by atoms with E-state index in [-0.39, 0.29) is 35.6 Å². The molecule has 1 saturated heterocycles. The van der Waals surface area contributed by atoms with E-state index in [9.17, 15) is 9.90 Å². The van der Waals surface area contributed by atoms with Crippen LogP contribution in [0.25, 0.3) is 0 Å². The van der Waals surface area contributed by atoms with Gasteiger partial charge in [0.15, 0.2) is 0 Å². The minimum absolute atomic E-state index is 0.0327. The van der Waals surface area contributed by atoms with Crippen LogP contribution in [-0.4, -0.2) is 40.4 Å². The number of epoxide rings is 1. The van der Waals surface area contributed by atoms with Crippen molar-refractivity contribution in [3.63, 3.8) is 0 Å². The standard InChI is InChI=1S/C27H34BrClO4/c1-13-6-11-18-20(13)21-17(14(2)22-23(33-22)24(29)26(3,4)31)12-19(27(18,21)5)32-25(30)15-7-9-16(28)10-8-15/h7-10,13,17-24,31H,2,6,11-12H2,1,3-5H3/t13-,17?,18+,19-,20-,21+,22+,23+,24-,27+/m1/s1. The molecule has 1 aliphatic heterocycles. The summed E-state index contributed by atoms with van der Waals surface area (Å²) in [6, 6.07) is 7.35. The fourth-order valence-corrected chi connectivity index (χ4v) is 7.94. The number of alkyl halides is 1. The second kappa shape index (κ2) is 8.08. The van der Waals surface area contributed by atoms with Gasteiger partial charge in [-0.2, -0.15) is 0 Å². The molecule has 10 atom stereocenters. The van der Waals surface area contributed by atoms with E-state index < -0.39 is 11.0 Å². The third-order valence-corrected chi connectivity index (χ3v) is 10.6. The predicted molar refractivity (Wildman–Crippen MR) is 132 cm³/mol. The second-order valence-electron chi connectivity index (χ2n) is 11.5. The maximum absolute atomic E-state index is 13.0. The Labute approximate surface area is 210 Å². The summed E-state index contributed by atoms with van der Waals surface area (Å²) in [5, 5.41) is 9.84. The van der Waals surface area contributed by atoms with Gasteiger partial charge in [0.25, 0.3) is 0 Å². The second-order valence-corrected chi connectivity index (χ2v) is 12.9. The van der Waals surface area contributed by atoms with Crippen molar-refractivity contribution in [3.05, 3.63) is 46.5 Å². The molecule has 3 saturated carbocycles. The van der Waals surface area contributed by atoms with E-state index in [0.29, 0.717) is 29.2 Å². The van der Waals surface area contributed by atoms with Gasteiger partial charge in [-0.05, 0) is 86.1 Å². The Bertz CT molecular complexity index is 956. The van der Waals surface area contributed by atoms with E-state index in [4.69, 9.17) is 21.1 Å². The number of benzene rings is 1. The average molecular weight is 538 g/mol. The quantitative estimate of drug-likeness (QED) is 0.209. The predicted octanol–water partition coefficient (Wildman–Crippen LogP) is 5.99. The highest BCUT2D eigenvalue weighted by atomic mass is 79.9. The number of carbonyl (C=O) groups excluding carboxylic acids is 1. The molecule has 1 aromatic carbocycles. The first-order valence-corrected chi connectivity index (χ1v) is 13.3. The lowest BCUT2D eigenvalue weighted by atomic mass is 9.46. The molecule has 0 bridgehead atoms. The van der Waals surface area contributed by atoms with E-state index in [1.165, 1.54) is 12.8 Å². The highest BCUT2D eigenvalue weighted by molar-refractivity contribution is 9.10. The minimum Gasteiger partial charge on any atom is -0.458 e. The Balaban J connectivity index is 1.37. The van der Waals surface area contributed by atoms with Crippen LogP contribution >= 0.6 is 27.5 Å². The topological polar surface area (TPSA) is 59.1 Å². The SMILES string of the molecule is C=C(C1C[C@@H](OC(=O)c2ccc(Br)cc2)[C@]2(C)[C@H]3CC[C@@H](C)[C@H]3[C@H]12)[C@@H]1O[C@@H]1[C@@H](Cl)C(C)(C)O. The number of esters is 1. The van der Waals surface area contributed by atoms with Crippen molar-refractivity contribution < 1.29 is 19.4 Å². The largest absolute Gasteiger partial charge is 0.458 e. The van der Waals surface area contributed by atoms with Crippen LogP contribution in [0.15, 0.2) is 40.9 Å². The van der Waals surface area contributed by atoms with Crippen LogP contribution in [0.1, 0.15) is 57.3 Å². The van der Waals surface area contributed by atoms with Crippen molar-refractivity contribution in [2.24, 2.45) is 35.0 Å². The molecule has 0 spiro atoms. The van der Waals surface area contributed by atoms with E-state index in [1.54, 1.807) is 26.0 Å². The van der Waals surface area contributed by atoms with Gasteiger partial charge in [-0.15, -0.1) is 11.6 Å². The zero-order chi connectivity index (χ0) is 23.9. The van der Waals surface area contributed by atoms with Gasteiger partial charge in [0, 0.05) is 9.89 Å². The third-order valence-electron chi connectivity index (χ3n) is 9.24. The van der Waals surface area contributed by atoms with Crippen LogP contribution in [0.4, 0.5) is 0 Å². The molecule has 3 aliphatic carbocycles. The van der Waals surface area contributed by atoms with Gasteiger partial charge in [0.05, 0.1) is 16.5 Å². The number of hydrogen-bond acceptors (Lipinski definition) is 4. The summed E-state index contributed by atoms with van der Waals surface area (Å²) in [6.45, 7) is 12.6. The zero-order valence-corrected chi connectivity index (χ0v) is 22.1. The van der Waals surface area contributed by atoms with Crippen LogP contribution < -0.4 is 0 Å². The number of rotatable bonds is 6. The first-order chi connectivity index (χ1) is 15.4. The highest BCUT2D eigenvalue weighted by Crippen LogP contribution is 2.74. The van der Waals surface area contributed by atoms with E-state index in [1.807, 2.05) is 12.1 Å². The number of aliphatic hydroxyl groups is 1. The number of hydrogen-bond donors (Lipinski definition) is 1. The van der Waals surface area contributed by atoms with Crippen LogP contribution in [0, 0.1) is 35.0 Å². The molecule has 1 aromatic rings. The van der Waals surface area contributed by atoms with Gasteiger partial charge in [-0.3, -0.25) is 0 Å². The Morgan fingerprint density at radius 1 is 1.33 bits per heavy atom. The van der Waals surface area contributed by atoms with Crippen molar-refractivity contribution in [1.29, 1.82) is 0 Å². The summed E-state index contributed by atoms with van der Waals surface area (Å²) in [4.78, 5) is 13.0. The van der Waals surface area contributed by atoms with Crippen LogP contribution in [-0.2, 0) is 9.47 Å². The van der Waals surface area contributed by atoms with Crippen molar-refractivity contribution in [2.45, 2.75) is 76.2 Å². The van der Waals surface area contributed by atoms with Gasteiger partial charge < -0.3 is 14.6 Å². The fourth-order valence-electron chi connectivity index (χ4n) is 7.48. The smallest absolute Gasteiger partial charge is 0.338 e. The van der Waals surface area contributed by atoms with E-state index in [0.717, 1.165) is 16.5 Å². The molecular formula is C27H34BrClO4. The normalized spacial score (nSPS) is 42.2. The maximum atomic E-state index is 13.0. The lowest BCUT2D eigenvalue weighted by molar-refractivity contribution is -0.145. The van der Waals surface area contributed by atoms with E-state index in [2.05, 4.69) is 36.4 Å². The maximum Gasteiger partial charge on any atom is 0.338 e. The van der Waals surface area contributed by atoms with Crippen molar-refractivity contribution >= 4 is 33.5 Å². The summed E-state index contributed by atoms with van der Waals surface area (Å²) >= 11 is 9.93. The van der Waals surface area contributed by atoms with Gasteiger partial charge in [-0.1, -0.05) is 42.8 Å². The first-order valence-electron chi connectivity index (χ1n) is 12.1. The van der Waals surface area contributed by atoms with Gasteiger partial charge in [0.1, 0.15) is 18.3 Å². The summed E-state index contributed by atoms with van der Waals surface area (Å²) in [6.07, 6.45) is 2.74. The fraction of sp³-hybridized carbons (Fsp3) is 0.667. The molecular weight excluding hydrogens is 504 g/mol. The third kappa shape index (κ3) is 3.73. The summed E-state index contributed by atoms with van der Waals surface area (Å²) in [7, 11) is 0. The highest BCUT2D eigenvalue weighted by Gasteiger charge is 2.72. The monoisotopic (exact) mass is 536 g/mol. The molecule has 0 radical (unpaired) electrons. The van der Waals surface area contributed by atoms with Crippen LogP contribution in [0.3, 0.4) is 0 Å². The van der Waals surface area contributed by atoms with Crippen molar-refractivity contribution in [2.75, 3.05) is 0 Å². The van der Waals surface area contributed by atoms with Crippen LogP contribution in [0.5, 0.6) is 0 Å². The first kappa shape index (κ1) is 23.8. The Morgan fingerprint density at radius 3 is 2.64 bits per heavy atom. The summed E-state index contributed by atoms with van der Waals surface area (Å²) in [5.74, 6) is 2.34. The number of ether oxygens (including phenoxy) is 2. The van der Waals surface area contributed by atoms with Crippen molar-refractivity contribution in [1.82, 2.24) is 0 Å². The summed E-state index contributed by atoms with van der Waals surface area (Å²) in [5.41, 5.74) is 0.591. The molecule has 0 aromatic heterocycles. The Morgan fingerprint density at radius 2 is 2.00 bits per heavy atom. The molecule has 33 heavy (non-hydrogen) atoms. The van der Waals surface area contributed by atoms with Gasteiger partial charge in [-0.25, -0.2) is 4.79 Å². The average Bonchev–Trinajstić information content (AvgIpc) is 3.41.